The summed E-state index contributed by atoms with van der Waals surface area (Å²) >= 11 is 1.50. The number of amides is 3. The van der Waals surface area contributed by atoms with Gasteiger partial charge in [-0.25, -0.2) is 4.79 Å². The second-order valence-corrected chi connectivity index (χ2v) is 9.95. The molecule has 2 aromatic rings. The van der Waals surface area contributed by atoms with Gasteiger partial charge in [0.1, 0.15) is 17.2 Å². The van der Waals surface area contributed by atoms with Crippen LogP contribution in [0.25, 0.3) is 6.08 Å². The van der Waals surface area contributed by atoms with E-state index in [0.717, 1.165) is 16.8 Å². The first-order valence-electron chi connectivity index (χ1n) is 11.5. The average molecular weight is 489 g/mol. The molecule has 5 rings (SSSR count). The van der Waals surface area contributed by atoms with Gasteiger partial charge in [0.15, 0.2) is 5.76 Å². The summed E-state index contributed by atoms with van der Waals surface area (Å²) in [6.45, 7) is 3.82. The summed E-state index contributed by atoms with van der Waals surface area (Å²) in [5.74, 6) is -0.0231. The lowest BCUT2D eigenvalue weighted by Gasteiger charge is -2.34. The Balaban J connectivity index is 1.29. The van der Waals surface area contributed by atoms with E-state index in [1.54, 1.807) is 33.6 Å². The first-order chi connectivity index (χ1) is 16.9. The Morgan fingerprint density at radius 1 is 1.09 bits per heavy atom. The Hall–Kier alpha value is -3.65. The van der Waals surface area contributed by atoms with Crippen molar-refractivity contribution in [2.45, 2.75) is 12.2 Å². The lowest BCUT2D eigenvalue weighted by molar-refractivity contribution is -0.413. The van der Waals surface area contributed by atoms with Gasteiger partial charge in [0, 0.05) is 37.8 Å². The van der Waals surface area contributed by atoms with Crippen LogP contribution in [0.5, 0.6) is 0 Å². The van der Waals surface area contributed by atoms with Gasteiger partial charge in [0.2, 0.25) is 5.71 Å². The maximum Gasteiger partial charge on any atom is 0.425 e. The number of nitrogens with zero attached hydrogens (tertiary/aromatic N) is 3. The van der Waals surface area contributed by atoms with Crippen LogP contribution < -0.4 is 0 Å². The second kappa shape index (κ2) is 9.54. The molecule has 1 aliphatic carbocycles. The maximum atomic E-state index is 13.2. The van der Waals surface area contributed by atoms with Crippen molar-refractivity contribution in [3.8, 4) is 0 Å². The number of likely N-dealkylation sites (N-methyl/N-ethyl adjacent to an activating group) is 1. The van der Waals surface area contributed by atoms with E-state index in [9.17, 15) is 14.4 Å². The minimum absolute atomic E-state index is 0.0342. The Bertz CT molecular complexity index is 1310. The fraction of sp³-hybridized carbons (Fsp3) is 0.259. The molecule has 0 saturated carbocycles. The largest absolute Gasteiger partial charge is 0.459 e. The van der Waals surface area contributed by atoms with Gasteiger partial charge in [-0.05, 0) is 30.7 Å². The van der Waals surface area contributed by atoms with Crippen molar-refractivity contribution < 1.29 is 23.4 Å². The molecule has 0 radical (unpaired) electrons. The summed E-state index contributed by atoms with van der Waals surface area (Å²) < 4.78 is 6.84. The van der Waals surface area contributed by atoms with Gasteiger partial charge in [-0.3, -0.25) is 9.59 Å². The number of aryl methyl sites for hydroxylation is 1. The van der Waals surface area contributed by atoms with Crippen LogP contribution in [0.4, 0.5) is 0 Å². The lowest BCUT2D eigenvalue weighted by atomic mass is 10.0. The van der Waals surface area contributed by atoms with Crippen molar-refractivity contribution in [3.63, 3.8) is 0 Å². The molecule has 1 saturated heterocycles. The van der Waals surface area contributed by atoms with E-state index < -0.39 is 0 Å². The van der Waals surface area contributed by atoms with E-state index >= 15 is 0 Å². The summed E-state index contributed by atoms with van der Waals surface area (Å²) in [4.78, 5) is 42.9. The summed E-state index contributed by atoms with van der Waals surface area (Å²) in [5, 5.41) is -0.0342. The molecule has 178 valence electrons. The molecule has 1 unspecified atom stereocenters. The number of benzene rings is 1. The van der Waals surface area contributed by atoms with Crippen molar-refractivity contribution in [1.29, 1.82) is 0 Å². The summed E-state index contributed by atoms with van der Waals surface area (Å²) in [7, 11) is 1.76. The number of hydrogen-bond donors (Lipinski definition) is 0. The first-order valence-corrected chi connectivity index (χ1v) is 12.4. The van der Waals surface area contributed by atoms with Gasteiger partial charge in [0.05, 0.1) is 6.26 Å². The van der Waals surface area contributed by atoms with Gasteiger partial charge in [-0.15, -0.1) is 0 Å². The van der Waals surface area contributed by atoms with Crippen LogP contribution in [0.2, 0.25) is 0 Å². The van der Waals surface area contributed by atoms with E-state index in [4.69, 9.17) is 4.42 Å². The molecule has 3 heterocycles. The van der Waals surface area contributed by atoms with Gasteiger partial charge < -0.3 is 14.2 Å². The van der Waals surface area contributed by atoms with Crippen LogP contribution in [0, 0.1) is 6.92 Å². The predicted molar refractivity (Wildman–Crippen MR) is 135 cm³/mol. The van der Waals surface area contributed by atoms with E-state index in [0.29, 0.717) is 42.4 Å². The average Bonchev–Trinajstić information content (AvgIpc) is 3.41. The van der Waals surface area contributed by atoms with E-state index in [-0.39, 0.29) is 23.0 Å². The van der Waals surface area contributed by atoms with Crippen molar-refractivity contribution in [2.24, 2.45) is 0 Å². The third-order valence-electron chi connectivity index (χ3n) is 6.38. The van der Waals surface area contributed by atoms with Crippen molar-refractivity contribution >= 4 is 41.3 Å². The normalized spacial score (nSPS) is 21.3. The molecule has 0 N–H and O–H groups in total. The van der Waals surface area contributed by atoms with Crippen LogP contribution in [-0.2, 0) is 9.59 Å². The third kappa shape index (κ3) is 4.66. The van der Waals surface area contributed by atoms with Gasteiger partial charge in [-0.1, -0.05) is 53.7 Å². The number of furan rings is 1. The van der Waals surface area contributed by atoms with Crippen LogP contribution in [0.1, 0.15) is 21.7 Å². The number of thioether (sulfide) groups is 1. The Morgan fingerprint density at radius 3 is 2.51 bits per heavy atom. The standard InChI is InChI=1S/C27H26N3O4S/c1-18-5-3-6-19(15-18)16-24-27(33)28(2)21-17-20(8-9-23(21)35-24)25(31)29-10-12-30(13-11-29)26(32)22-7-4-14-34-22/h3-9,14-17,23H,10-13H2,1-2H3/q+1/b24-16-. The molecule has 8 heteroatoms. The highest BCUT2D eigenvalue weighted by atomic mass is 32.2. The Kier molecular flexibility index (Phi) is 6.30. The second-order valence-electron chi connectivity index (χ2n) is 8.77. The molecular weight excluding hydrogens is 462 g/mol. The molecular formula is C27H26N3O4S+. The first kappa shape index (κ1) is 23.1. The highest BCUT2D eigenvalue weighted by Gasteiger charge is 2.38. The summed E-state index contributed by atoms with van der Waals surface area (Å²) in [5.41, 5.74) is 3.49. The molecule has 0 spiro atoms. The van der Waals surface area contributed by atoms with Gasteiger partial charge in [0.25, 0.3) is 11.8 Å². The number of carbonyl (C=O) groups excluding carboxylic acids is 3. The van der Waals surface area contributed by atoms with Crippen LogP contribution in [0.15, 0.2) is 75.8 Å². The zero-order valence-electron chi connectivity index (χ0n) is 19.6. The molecule has 35 heavy (non-hydrogen) atoms. The van der Waals surface area contributed by atoms with Gasteiger partial charge in [-0.2, -0.15) is 4.58 Å². The maximum absolute atomic E-state index is 13.2. The fourth-order valence-corrected chi connectivity index (χ4v) is 5.65. The number of fused-ring (bicyclic) bond motifs is 1. The molecule has 1 aromatic heterocycles. The minimum Gasteiger partial charge on any atom is -0.459 e. The monoisotopic (exact) mass is 488 g/mol. The molecule has 3 aliphatic rings. The minimum atomic E-state index is -0.161. The highest BCUT2D eigenvalue weighted by molar-refractivity contribution is 8.05. The number of piperazine rings is 1. The molecule has 0 bridgehead atoms. The number of carbonyl (C=O) groups is 3. The van der Waals surface area contributed by atoms with E-state index in [2.05, 4.69) is 6.07 Å². The molecule has 1 fully saturated rings. The molecule has 2 aliphatic heterocycles. The molecule has 1 aromatic carbocycles. The van der Waals surface area contributed by atoms with Crippen molar-refractivity contribution in [1.82, 2.24) is 9.80 Å². The lowest BCUT2D eigenvalue weighted by Crippen LogP contribution is -2.51. The van der Waals surface area contributed by atoms with Crippen LogP contribution in [0.3, 0.4) is 0 Å². The van der Waals surface area contributed by atoms with E-state index in [1.165, 1.54) is 18.0 Å². The van der Waals surface area contributed by atoms with Crippen molar-refractivity contribution in [3.05, 3.63) is 88.3 Å². The summed E-state index contributed by atoms with van der Waals surface area (Å²) in [6, 6.07) is 11.4. The topological polar surface area (TPSA) is 73.8 Å². The van der Waals surface area contributed by atoms with Crippen LogP contribution in [-0.4, -0.2) is 76.3 Å². The number of rotatable bonds is 3. The smallest absolute Gasteiger partial charge is 0.425 e. The third-order valence-corrected chi connectivity index (χ3v) is 7.57. The zero-order chi connectivity index (χ0) is 24.5. The Labute approximate surface area is 208 Å². The van der Waals surface area contributed by atoms with E-state index in [1.807, 2.05) is 49.4 Å². The van der Waals surface area contributed by atoms with Crippen LogP contribution >= 0.6 is 11.8 Å². The predicted octanol–water partition coefficient (Wildman–Crippen LogP) is 3.14. The number of allylic oxidation sites excluding steroid dienone is 1. The van der Waals surface area contributed by atoms with Crippen molar-refractivity contribution in [2.75, 3.05) is 33.2 Å². The highest BCUT2D eigenvalue weighted by Crippen LogP contribution is 2.33. The van der Waals surface area contributed by atoms with Gasteiger partial charge >= 0.3 is 5.91 Å². The fourth-order valence-electron chi connectivity index (χ4n) is 4.43. The zero-order valence-corrected chi connectivity index (χ0v) is 20.5. The molecule has 7 nitrogen and oxygen atoms in total. The summed E-state index contributed by atoms with van der Waals surface area (Å²) in [6.07, 6.45) is 9.05. The SMILES string of the molecule is Cc1cccc(/C=C2\SC3C=CC(C(=O)N4CCN(C(=O)c5ccco5)CC4)=CC3=[N+](C)C2=O)c1. The quantitative estimate of drug-likeness (QED) is 0.490. The number of hydrogen-bond acceptors (Lipinski definition) is 5. The molecule has 1 atom stereocenters. The Morgan fingerprint density at radius 2 is 1.83 bits per heavy atom. The molecule has 3 amide bonds.